The Balaban J connectivity index is 1.96. The first-order valence-electron chi connectivity index (χ1n) is 6.61. The summed E-state index contributed by atoms with van der Waals surface area (Å²) in [5, 5.41) is 12.4. The Hall–Kier alpha value is -1.29. The number of carboxylic acids is 1. The van der Waals surface area contributed by atoms with E-state index in [2.05, 4.69) is 27.3 Å². The average Bonchev–Trinajstić information content (AvgIpc) is 2.39. The third-order valence-electron chi connectivity index (χ3n) is 3.36. The van der Waals surface area contributed by atoms with E-state index in [1.165, 1.54) is 31.3 Å². The smallest absolute Gasteiger partial charge is 0.337 e. The summed E-state index contributed by atoms with van der Waals surface area (Å²) in [5.74, 6) is -0.896. The highest BCUT2D eigenvalue weighted by atomic mass is 79.9. The molecule has 3 nitrogen and oxygen atoms in total. The van der Waals surface area contributed by atoms with Crippen LogP contribution in [0.15, 0.2) is 34.3 Å². The van der Waals surface area contributed by atoms with E-state index < -0.39 is 5.97 Å². The van der Waals surface area contributed by atoms with Gasteiger partial charge in [0.05, 0.1) is 5.56 Å². The van der Waals surface area contributed by atoms with Crippen LogP contribution in [0.3, 0.4) is 0 Å². The van der Waals surface area contributed by atoms with Gasteiger partial charge in [0.15, 0.2) is 0 Å². The molecule has 1 aliphatic carbocycles. The van der Waals surface area contributed by atoms with Gasteiger partial charge in [-0.3, -0.25) is 0 Å². The van der Waals surface area contributed by atoms with Crippen molar-refractivity contribution in [2.45, 2.75) is 32.1 Å². The molecular weight excluding hydrogens is 306 g/mol. The molecule has 0 unspecified atom stereocenters. The van der Waals surface area contributed by atoms with Crippen LogP contribution in [0.1, 0.15) is 42.5 Å². The van der Waals surface area contributed by atoms with E-state index >= 15 is 0 Å². The fourth-order valence-electron chi connectivity index (χ4n) is 2.34. The number of hydrogen-bond donors (Lipinski definition) is 2. The molecule has 2 N–H and O–H groups in total. The van der Waals surface area contributed by atoms with Crippen LogP contribution in [-0.4, -0.2) is 17.6 Å². The Morgan fingerprint density at radius 2 is 2.21 bits per heavy atom. The monoisotopic (exact) mass is 323 g/mol. The summed E-state index contributed by atoms with van der Waals surface area (Å²) < 4.78 is 0.886. The molecule has 0 spiro atoms. The Morgan fingerprint density at radius 3 is 2.89 bits per heavy atom. The van der Waals surface area contributed by atoms with Gasteiger partial charge in [-0.2, -0.15) is 0 Å². The van der Waals surface area contributed by atoms with Crippen molar-refractivity contribution in [1.82, 2.24) is 0 Å². The number of rotatable bonds is 5. The number of carbonyl (C=O) groups is 1. The number of anilines is 1. The molecule has 0 aromatic heterocycles. The third kappa shape index (κ3) is 4.10. The number of hydrogen-bond acceptors (Lipinski definition) is 2. The first kappa shape index (κ1) is 14.1. The molecule has 1 aromatic carbocycles. The standard InChI is InChI=1S/C15H18BrNO2/c16-12-6-7-13(15(18)19)14(10-12)17-9-8-11-4-2-1-3-5-11/h4,6-7,10,17H,1-3,5,8-9H2,(H,18,19). The average molecular weight is 324 g/mol. The quantitative estimate of drug-likeness (QED) is 0.787. The summed E-state index contributed by atoms with van der Waals surface area (Å²) in [6.45, 7) is 0.780. The Morgan fingerprint density at radius 1 is 1.37 bits per heavy atom. The molecule has 19 heavy (non-hydrogen) atoms. The highest BCUT2D eigenvalue weighted by molar-refractivity contribution is 9.10. The molecule has 1 aliphatic rings. The predicted molar refractivity (Wildman–Crippen MR) is 80.8 cm³/mol. The molecule has 0 heterocycles. The maximum atomic E-state index is 11.1. The molecule has 0 fully saturated rings. The number of benzene rings is 1. The lowest BCUT2D eigenvalue weighted by atomic mass is 9.97. The third-order valence-corrected chi connectivity index (χ3v) is 3.85. The van der Waals surface area contributed by atoms with E-state index in [9.17, 15) is 4.79 Å². The van der Waals surface area contributed by atoms with E-state index in [4.69, 9.17) is 5.11 Å². The van der Waals surface area contributed by atoms with Crippen LogP contribution in [-0.2, 0) is 0 Å². The minimum atomic E-state index is -0.896. The van der Waals surface area contributed by atoms with Crippen molar-refractivity contribution >= 4 is 27.6 Å². The Labute approximate surface area is 121 Å². The SMILES string of the molecule is O=C(O)c1ccc(Br)cc1NCCC1=CCCCC1. The molecule has 0 amide bonds. The van der Waals surface area contributed by atoms with Gasteiger partial charge in [-0.1, -0.05) is 27.6 Å². The van der Waals surface area contributed by atoms with E-state index in [1.54, 1.807) is 12.1 Å². The van der Waals surface area contributed by atoms with Crippen molar-refractivity contribution in [1.29, 1.82) is 0 Å². The summed E-state index contributed by atoms with van der Waals surface area (Å²) in [6, 6.07) is 5.19. The summed E-state index contributed by atoms with van der Waals surface area (Å²) in [7, 11) is 0. The van der Waals surface area contributed by atoms with Gasteiger partial charge >= 0.3 is 5.97 Å². The van der Waals surface area contributed by atoms with Gasteiger partial charge in [-0.25, -0.2) is 4.79 Å². The molecule has 1 aromatic rings. The van der Waals surface area contributed by atoms with Crippen LogP contribution >= 0.6 is 15.9 Å². The zero-order chi connectivity index (χ0) is 13.7. The zero-order valence-corrected chi connectivity index (χ0v) is 12.4. The van der Waals surface area contributed by atoms with Crippen LogP contribution in [0.2, 0.25) is 0 Å². The van der Waals surface area contributed by atoms with Crippen molar-refractivity contribution in [3.05, 3.63) is 39.9 Å². The number of allylic oxidation sites excluding steroid dienone is 1. The van der Waals surface area contributed by atoms with Crippen molar-refractivity contribution in [2.75, 3.05) is 11.9 Å². The second kappa shape index (κ2) is 6.75. The van der Waals surface area contributed by atoms with E-state index in [0.29, 0.717) is 11.3 Å². The van der Waals surface area contributed by atoms with E-state index in [-0.39, 0.29) is 0 Å². The van der Waals surface area contributed by atoms with Gasteiger partial charge in [0.2, 0.25) is 0 Å². The largest absolute Gasteiger partial charge is 0.478 e. The molecule has 4 heteroatoms. The lowest BCUT2D eigenvalue weighted by Crippen LogP contribution is -2.09. The van der Waals surface area contributed by atoms with Crippen LogP contribution in [0.5, 0.6) is 0 Å². The van der Waals surface area contributed by atoms with Gasteiger partial charge in [-0.15, -0.1) is 0 Å². The molecule has 0 aliphatic heterocycles. The van der Waals surface area contributed by atoms with Crippen molar-refractivity contribution < 1.29 is 9.90 Å². The van der Waals surface area contributed by atoms with Crippen molar-refractivity contribution in [3.8, 4) is 0 Å². The van der Waals surface area contributed by atoms with Crippen LogP contribution in [0.25, 0.3) is 0 Å². The van der Waals surface area contributed by atoms with Gasteiger partial charge in [0, 0.05) is 16.7 Å². The van der Waals surface area contributed by atoms with Crippen LogP contribution in [0.4, 0.5) is 5.69 Å². The summed E-state index contributed by atoms with van der Waals surface area (Å²) >= 11 is 3.37. The molecular formula is C15H18BrNO2. The predicted octanol–water partition coefficient (Wildman–Crippen LogP) is 4.45. The van der Waals surface area contributed by atoms with Gasteiger partial charge in [0.25, 0.3) is 0 Å². The lowest BCUT2D eigenvalue weighted by Gasteiger charge is -2.14. The topological polar surface area (TPSA) is 49.3 Å². The maximum Gasteiger partial charge on any atom is 0.337 e. The van der Waals surface area contributed by atoms with Crippen LogP contribution < -0.4 is 5.32 Å². The number of nitrogens with one attached hydrogen (secondary N) is 1. The second-order valence-electron chi connectivity index (χ2n) is 4.78. The molecule has 0 bridgehead atoms. The summed E-state index contributed by atoms with van der Waals surface area (Å²) in [5.41, 5.74) is 2.49. The fraction of sp³-hybridized carbons (Fsp3) is 0.400. The van der Waals surface area contributed by atoms with Gasteiger partial charge < -0.3 is 10.4 Å². The van der Waals surface area contributed by atoms with Crippen LogP contribution in [0, 0.1) is 0 Å². The normalized spacial score (nSPS) is 14.9. The highest BCUT2D eigenvalue weighted by Crippen LogP contribution is 2.23. The molecule has 0 atom stereocenters. The summed E-state index contributed by atoms with van der Waals surface area (Å²) in [4.78, 5) is 11.1. The Kier molecular flexibility index (Phi) is 5.02. The number of halogens is 1. The number of aromatic carboxylic acids is 1. The first-order valence-corrected chi connectivity index (χ1v) is 7.41. The highest BCUT2D eigenvalue weighted by Gasteiger charge is 2.10. The first-order chi connectivity index (χ1) is 9.16. The lowest BCUT2D eigenvalue weighted by molar-refractivity contribution is 0.0698. The minimum Gasteiger partial charge on any atom is -0.478 e. The molecule has 102 valence electrons. The molecule has 0 saturated carbocycles. The Bertz CT molecular complexity index is 497. The van der Waals surface area contributed by atoms with Gasteiger partial charge in [-0.05, 0) is 50.3 Å². The van der Waals surface area contributed by atoms with Crippen molar-refractivity contribution in [3.63, 3.8) is 0 Å². The van der Waals surface area contributed by atoms with Crippen molar-refractivity contribution in [2.24, 2.45) is 0 Å². The van der Waals surface area contributed by atoms with E-state index in [0.717, 1.165) is 17.4 Å². The molecule has 0 radical (unpaired) electrons. The zero-order valence-electron chi connectivity index (χ0n) is 10.8. The maximum absolute atomic E-state index is 11.1. The molecule has 0 saturated heterocycles. The molecule has 2 rings (SSSR count). The second-order valence-corrected chi connectivity index (χ2v) is 5.70. The summed E-state index contributed by atoms with van der Waals surface area (Å²) in [6.07, 6.45) is 8.27. The van der Waals surface area contributed by atoms with Gasteiger partial charge in [0.1, 0.15) is 0 Å². The fourth-order valence-corrected chi connectivity index (χ4v) is 2.70. The van der Waals surface area contributed by atoms with E-state index in [1.807, 2.05) is 6.07 Å². The number of carboxylic acid groups (broad SMARTS) is 1. The minimum absolute atomic E-state index is 0.320.